The SMILES string of the molecule is COc1ccc(C(C)=O)c(OCC2CN(C(=S)Nc3ccc(F)cc3Br)CCO2)c1OC. The van der Waals surface area contributed by atoms with E-state index in [2.05, 4.69) is 21.2 Å². The van der Waals surface area contributed by atoms with Crippen LogP contribution in [0.3, 0.4) is 0 Å². The molecule has 0 saturated carbocycles. The predicted molar refractivity (Wildman–Crippen MR) is 127 cm³/mol. The molecule has 172 valence electrons. The zero-order chi connectivity index (χ0) is 23.3. The third-order valence-electron chi connectivity index (χ3n) is 4.89. The van der Waals surface area contributed by atoms with E-state index >= 15 is 0 Å². The predicted octanol–water partition coefficient (Wildman–Crippen LogP) is 4.28. The first-order valence-electron chi connectivity index (χ1n) is 9.85. The molecule has 7 nitrogen and oxygen atoms in total. The van der Waals surface area contributed by atoms with Gasteiger partial charge in [0.15, 0.2) is 22.4 Å². The fourth-order valence-electron chi connectivity index (χ4n) is 3.29. The number of ether oxygens (including phenoxy) is 4. The molecule has 0 aliphatic carbocycles. The number of ketones is 1. The molecule has 10 heteroatoms. The number of Topliss-reactive ketones (excluding diaryl/α,β-unsaturated/α-hetero) is 1. The van der Waals surface area contributed by atoms with Gasteiger partial charge in [-0.05, 0) is 65.4 Å². The van der Waals surface area contributed by atoms with Crippen molar-refractivity contribution in [1.82, 2.24) is 4.90 Å². The summed E-state index contributed by atoms with van der Waals surface area (Å²) < 4.78 is 36.5. The van der Waals surface area contributed by atoms with Crippen molar-refractivity contribution < 1.29 is 28.1 Å². The Bertz CT molecular complexity index is 1010. The van der Waals surface area contributed by atoms with Gasteiger partial charge in [0.1, 0.15) is 18.5 Å². The minimum absolute atomic E-state index is 0.151. The summed E-state index contributed by atoms with van der Waals surface area (Å²) >= 11 is 8.86. The first kappa shape index (κ1) is 24.2. The molecule has 2 aromatic rings. The van der Waals surface area contributed by atoms with Gasteiger partial charge in [0.05, 0.1) is 32.1 Å². The van der Waals surface area contributed by atoms with Crippen LogP contribution in [0.2, 0.25) is 0 Å². The molecule has 0 radical (unpaired) electrons. The zero-order valence-electron chi connectivity index (χ0n) is 17.9. The van der Waals surface area contributed by atoms with Gasteiger partial charge in [0, 0.05) is 17.6 Å². The standard InChI is InChI=1S/C22H24BrFN2O5S/c1-13(27)16-5-7-19(28-2)21(29-3)20(16)31-12-15-11-26(8-9-30-15)22(32)25-18-6-4-14(24)10-17(18)23/h4-7,10,15H,8-9,11-12H2,1-3H3,(H,25,32). The fourth-order valence-corrected chi connectivity index (χ4v) is 4.01. The van der Waals surface area contributed by atoms with Crippen LogP contribution in [0, 0.1) is 5.82 Å². The van der Waals surface area contributed by atoms with Crippen molar-refractivity contribution >= 4 is 44.7 Å². The summed E-state index contributed by atoms with van der Waals surface area (Å²) in [5.74, 6) is 0.647. The summed E-state index contributed by atoms with van der Waals surface area (Å²) in [6.07, 6.45) is -0.295. The lowest BCUT2D eigenvalue weighted by Crippen LogP contribution is -2.49. The van der Waals surface area contributed by atoms with Crippen molar-refractivity contribution in [2.45, 2.75) is 13.0 Å². The summed E-state index contributed by atoms with van der Waals surface area (Å²) in [6.45, 7) is 3.18. The summed E-state index contributed by atoms with van der Waals surface area (Å²) in [4.78, 5) is 14.0. The summed E-state index contributed by atoms with van der Waals surface area (Å²) in [7, 11) is 3.01. The minimum Gasteiger partial charge on any atom is -0.493 e. The maximum Gasteiger partial charge on any atom is 0.204 e. The highest BCUT2D eigenvalue weighted by molar-refractivity contribution is 9.10. The van der Waals surface area contributed by atoms with Crippen molar-refractivity contribution in [2.24, 2.45) is 0 Å². The number of nitrogens with one attached hydrogen (secondary N) is 1. The Labute approximate surface area is 199 Å². The van der Waals surface area contributed by atoms with E-state index < -0.39 is 0 Å². The van der Waals surface area contributed by atoms with Crippen LogP contribution in [-0.4, -0.2) is 62.4 Å². The van der Waals surface area contributed by atoms with Crippen molar-refractivity contribution in [3.63, 3.8) is 0 Å². The maximum atomic E-state index is 13.3. The van der Waals surface area contributed by atoms with Crippen molar-refractivity contribution in [3.8, 4) is 17.2 Å². The molecular weight excluding hydrogens is 503 g/mol. The van der Waals surface area contributed by atoms with Crippen LogP contribution in [0.15, 0.2) is 34.8 Å². The molecule has 1 fully saturated rings. The maximum absolute atomic E-state index is 13.3. The monoisotopic (exact) mass is 526 g/mol. The Morgan fingerprint density at radius 1 is 1.28 bits per heavy atom. The third-order valence-corrected chi connectivity index (χ3v) is 5.91. The van der Waals surface area contributed by atoms with E-state index in [1.54, 1.807) is 18.2 Å². The van der Waals surface area contributed by atoms with Crippen LogP contribution < -0.4 is 19.5 Å². The Morgan fingerprint density at radius 3 is 2.72 bits per heavy atom. The Kier molecular flexibility index (Phi) is 8.27. The molecule has 0 spiro atoms. The van der Waals surface area contributed by atoms with E-state index in [1.807, 2.05) is 4.90 Å². The highest BCUT2D eigenvalue weighted by Crippen LogP contribution is 2.40. The second-order valence-electron chi connectivity index (χ2n) is 7.04. The third kappa shape index (κ3) is 5.67. The van der Waals surface area contributed by atoms with Crippen molar-refractivity contribution in [3.05, 3.63) is 46.2 Å². The molecule has 1 aliphatic heterocycles. The molecule has 2 aromatic carbocycles. The van der Waals surface area contributed by atoms with Crippen LogP contribution in [0.1, 0.15) is 17.3 Å². The van der Waals surface area contributed by atoms with Crippen molar-refractivity contribution in [2.75, 3.05) is 45.8 Å². The van der Waals surface area contributed by atoms with Gasteiger partial charge in [-0.2, -0.15) is 0 Å². The van der Waals surface area contributed by atoms with E-state index in [0.717, 1.165) is 0 Å². The highest BCUT2D eigenvalue weighted by Gasteiger charge is 2.26. The van der Waals surface area contributed by atoms with Crippen LogP contribution in [0.4, 0.5) is 10.1 Å². The molecule has 1 heterocycles. The molecule has 0 amide bonds. The van der Waals surface area contributed by atoms with Gasteiger partial charge in [0.25, 0.3) is 0 Å². The van der Waals surface area contributed by atoms with E-state index in [-0.39, 0.29) is 24.3 Å². The average molecular weight is 527 g/mol. The largest absolute Gasteiger partial charge is 0.493 e. The molecule has 1 atom stereocenters. The smallest absolute Gasteiger partial charge is 0.204 e. The molecule has 0 aromatic heterocycles. The summed E-state index contributed by atoms with van der Waals surface area (Å²) in [5, 5.41) is 3.62. The number of methoxy groups -OCH3 is 2. The number of carbonyl (C=O) groups excluding carboxylic acids is 1. The van der Waals surface area contributed by atoms with Crippen molar-refractivity contribution in [1.29, 1.82) is 0 Å². The number of carbonyl (C=O) groups is 1. The van der Waals surface area contributed by atoms with Gasteiger partial charge in [-0.15, -0.1) is 0 Å². The first-order chi connectivity index (χ1) is 15.3. The molecule has 0 bridgehead atoms. The number of thiocarbonyl (C=S) groups is 1. The summed E-state index contributed by atoms with van der Waals surface area (Å²) in [5.41, 5.74) is 1.07. The number of hydrogen-bond donors (Lipinski definition) is 1. The van der Waals surface area contributed by atoms with Gasteiger partial charge in [-0.25, -0.2) is 4.39 Å². The number of hydrogen-bond acceptors (Lipinski definition) is 6. The van der Waals surface area contributed by atoms with Gasteiger partial charge >= 0.3 is 0 Å². The van der Waals surface area contributed by atoms with Crippen LogP contribution in [-0.2, 0) is 4.74 Å². The molecule has 1 unspecified atom stereocenters. The number of anilines is 1. The molecule has 1 saturated heterocycles. The van der Waals surface area contributed by atoms with E-state index in [4.69, 9.17) is 31.2 Å². The zero-order valence-corrected chi connectivity index (χ0v) is 20.3. The van der Waals surface area contributed by atoms with Crippen LogP contribution >= 0.6 is 28.1 Å². The molecule has 1 N–H and O–H groups in total. The number of benzene rings is 2. The molecule has 1 aliphatic rings. The lowest BCUT2D eigenvalue weighted by Gasteiger charge is -2.34. The number of rotatable bonds is 7. The number of nitrogens with zero attached hydrogens (tertiary/aromatic N) is 1. The highest BCUT2D eigenvalue weighted by atomic mass is 79.9. The number of morpholine rings is 1. The fraction of sp³-hybridized carbons (Fsp3) is 0.364. The number of halogens is 2. The van der Waals surface area contributed by atoms with Gasteiger partial charge in [0.2, 0.25) is 5.75 Å². The van der Waals surface area contributed by atoms with Crippen LogP contribution in [0.5, 0.6) is 17.2 Å². The molecule has 3 rings (SSSR count). The normalized spacial score (nSPS) is 15.8. The first-order valence-corrected chi connectivity index (χ1v) is 11.1. The second kappa shape index (κ2) is 10.9. The van der Waals surface area contributed by atoms with Gasteiger partial charge < -0.3 is 29.2 Å². The molecular formula is C22H24BrFN2O5S. The Morgan fingerprint density at radius 2 is 2.06 bits per heavy atom. The van der Waals surface area contributed by atoms with E-state index in [9.17, 15) is 9.18 Å². The second-order valence-corrected chi connectivity index (χ2v) is 8.28. The van der Waals surface area contributed by atoms with E-state index in [1.165, 1.54) is 33.3 Å². The van der Waals surface area contributed by atoms with Gasteiger partial charge in [-0.1, -0.05) is 0 Å². The molecule has 32 heavy (non-hydrogen) atoms. The van der Waals surface area contributed by atoms with Crippen LogP contribution in [0.25, 0.3) is 0 Å². The Balaban J connectivity index is 1.68. The summed E-state index contributed by atoms with van der Waals surface area (Å²) in [6, 6.07) is 7.66. The quantitative estimate of drug-likeness (QED) is 0.423. The topological polar surface area (TPSA) is 69.3 Å². The lowest BCUT2D eigenvalue weighted by atomic mass is 10.1. The average Bonchev–Trinajstić information content (AvgIpc) is 2.78. The Hall–Kier alpha value is -2.43. The van der Waals surface area contributed by atoms with E-state index in [0.29, 0.717) is 57.8 Å². The van der Waals surface area contributed by atoms with Gasteiger partial charge in [-0.3, -0.25) is 4.79 Å². The lowest BCUT2D eigenvalue weighted by molar-refractivity contribution is -0.0285. The minimum atomic E-state index is -0.338.